The number of thiophene rings is 1. The molecule has 0 atom stereocenters. The second-order valence-corrected chi connectivity index (χ2v) is 7.18. The van der Waals surface area contributed by atoms with Crippen molar-refractivity contribution in [3.63, 3.8) is 0 Å². The Balaban J connectivity index is 1.60. The third-order valence-corrected chi connectivity index (χ3v) is 5.21. The highest BCUT2D eigenvalue weighted by Crippen LogP contribution is 2.27. The normalized spacial score (nSPS) is 10.6. The van der Waals surface area contributed by atoms with Gasteiger partial charge in [0.2, 0.25) is 0 Å². The number of esters is 1. The molecule has 0 bridgehead atoms. The van der Waals surface area contributed by atoms with E-state index in [1.165, 1.54) is 12.1 Å². The second kappa shape index (κ2) is 8.07. The zero-order valence-corrected chi connectivity index (χ0v) is 15.9. The van der Waals surface area contributed by atoms with E-state index in [0.717, 1.165) is 28.2 Å². The minimum absolute atomic E-state index is 0.00158. The Kier molecular flexibility index (Phi) is 5.17. The molecule has 7 nitrogen and oxygen atoms in total. The molecule has 0 saturated carbocycles. The highest BCUT2D eigenvalue weighted by Gasteiger charge is 2.18. The van der Waals surface area contributed by atoms with Crippen LogP contribution in [0.2, 0.25) is 0 Å². The predicted octanol–water partition coefficient (Wildman–Crippen LogP) is 4.87. The molecule has 0 unspecified atom stereocenters. The zero-order chi connectivity index (χ0) is 20.2. The van der Waals surface area contributed by atoms with Crippen LogP contribution in [0.4, 0.5) is 5.00 Å². The standard InChI is InChI=1S/C21H15N3O4S/c25-21(18-11-12-19(29-18)24(26)27)28-14-16-13-23(17-9-5-2-6-10-17)22-20(16)15-7-3-1-4-8-15/h1-13H,14H2. The molecule has 0 amide bonds. The van der Waals surface area contributed by atoms with E-state index in [0.29, 0.717) is 5.69 Å². The van der Waals surface area contributed by atoms with Crippen LogP contribution >= 0.6 is 11.3 Å². The summed E-state index contributed by atoms with van der Waals surface area (Å²) in [5.74, 6) is -0.602. The zero-order valence-electron chi connectivity index (χ0n) is 15.1. The van der Waals surface area contributed by atoms with Gasteiger partial charge >= 0.3 is 11.0 Å². The fourth-order valence-electron chi connectivity index (χ4n) is 2.82. The smallest absolute Gasteiger partial charge is 0.348 e. The summed E-state index contributed by atoms with van der Waals surface area (Å²) in [6.07, 6.45) is 1.82. The number of benzene rings is 2. The molecule has 4 aromatic rings. The molecular formula is C21H15N3O4S. The lowest BCUT2D eigenvalue weighted by Crippen LogP contribution is -2.03. The van der Waals surface area contributed by atoms with Gasteiger partial charge in [-0.3, -0.25) is 10.1 Å². The lowest BCUT2D eigenvalue weighted by molar-refractivity contribution is -0.380. The average molecular weight is 405 g/mol. The average Bonchev–Trinajstić information content (AvgIpc) is 3.41. The minimum atomic E-state index is -0.602. The molecular weight excluding hydrogens is 390 g/mol. The summed E-state index contributed by atoms with van der Waals surface area (Å²) in [5, 5.41) is 15.4. The van der Waals surface area contributed by atoms with Crippen LogP contribution < -0.4 is 0 Å². The Hall–Kier alpha value is -3.78. The quantitative estimate of drug-likeness (QED) is 0.260. The molecule has 0 fully saturated rings. The number of hydrogen-bond donors (Lipinski definition) is 0. The summed E-state index contributed by atoms with van der Waals surface area (Å²) in [6.45, 7) is 0.00158. The molecule has 0 radical (unpaired) electrons. The van der Waals surface area contributed by atoms with Gasteiger partial charge in [0, 0.05) is 23.4 Å². The second-order valence-electron chi connectivity index (χ2n) is 6.12. The van der Waals surface area contributed by atoms with Gasteiger partial charge in [0.15, 0.2) is 0 Å². The number of hydrogen-bond acceptors (Lipinski definition) is 6. The summed E-state index contributed by atoms with van der Waals surface area (Å²) >= 11 is 0.792. The summed E-state index contributed by atoms with van der Waals surface area (Å²) < 4.78 is 7.15. The van der Waals surface area contributed by atoms with Crippen molar-refractivity contribution in [1.29, 1.82) is 0 Å². The molecule has 29 heavy (non-hydrogen) atoms. The van der Waals surface area contributed by atoms with Crippen LogP contribution in [-0.4, -0.2) is 20.7 Å². The maximum Gasteiger partial charge on any atom is 0.348 e. The molecule has 0 spiro atoms. The van der Waals surface area contributed by atoms with Crippen molar-refractivity contribution in [3.05, 3.63) is 99.5 Å². The number of para-hydroxylation sites is 1. The Labute approximate surface area is 170 Å². The van der Waals surface area contributed by atoms with Gasteiger partial charge in [-0.2, -0.15) is 5.10 Å². The van der Waals surface area contributed by atoms with Gasteiger partial charge in [0.05, 0.1) is 16.3 Å². The van der Waals surface area contributed by atoms with E-state index in [4.69, 9.17) is 4.74 Å². The highest BCUT2D eigenvalue weighted by atomic mass is 32.1. The van der Waals surface area contributed by atoms with Crippen molar-refractivity contribution < 1.29 is 14.5 Å². The van der Waals surface area contributed by atoms with Crippen LogP contribution in [0.1, 0.15) is 15.2 Å². The summed E-state index contributed by atoms with van der Waals surface area (Å²) in [5.41, 5.74) is 3.23. The first-order chi connectivity index (χ1) is 14.1. The summed E-state index contributed by atoms with van der Waals surface area (Å²) in [4.78, 5) is 22.8. The van der Waals surface area contributed by atoms with Crippen molar-refractivity contribution in [2.45, 2.75) is 6.61 Å². The van der Waals surface area contributed by atoms with Crippen molar-refractivity contribution in [2.75, 3.05) is 0 Å². The molecule has 0 saturated heterocycles. The van der Waals surface area contributed by atoms with Gasteiger partial charge < -0.3 is 4.74 Å². The van der Waals surface area contributed by atoms with Crippen molar-refractivity contribution in [3.8, 4) is 16.9 Å². The number of rotatable bonds is 6. The first-order valence-corrected chi connectivity index (χ1v) is 9.54. The van der Waals surface area contributed by atoms with Crippen LogP contribution in [0.15, 0.2) is 79.0 Å². The third-order valence-electron chi connectivity index (χ3n) is 4.19. The molecule has 144 valence electrons. The Morgan fingerprint density at radius 3 is 2.38 bits per heavy atom. The van der Waals surface area contributed by atoms with Gasteiger partial charge in [-0.15, -0.1) is 0 Å². The molecule has 2 heterocycles. The lowest BCUT2D eigenvalue weighted by atomic mass is 10.1. The van der Waals surface area contributed by atoms with E-state index < -0.39 is 10.9 Å². The largest absolute Gasteiger partial charge is 0.456 e. The number of nitrogens with zero attached hydrogens (tertiary/aromatic N) is 3. The molecule has 2 aromatic carbocycles. The first-order valence-electron chi connectivity index (χ1n) is 8.72. The monoisotopic (exact) mass is 405 g/mol. The van der Waals surface area contributed by atoms with E-state index >= 15 is 0 Å². The topological polar surface area (TPSA) is 87.3 Å². The lowest BCUT2D eigenvalue weighted by Gasteiger charge is -2.04. The molecule has 0 aliphatic carbocycles. The number of carbonyl (C=O) groups excluding carboxylic acids is 1. The predicted molar refractivity (Wildman–Crippen MR) is 109 cm³/mol. The molecule has 4 rings (SSSR count). The van der Waals surface area contributed by atoms with Gasteiger partial charge in [0.25, 0.3) is 0 Å². The van der Waals surface area contributed by atoms with E-state index in [-0.39, 0.29) is 16.5 Å². The van der Waals surface area contributed by atoms with Crippen LogP contribution in [0.5, 0.6) is 0 Å². The van der Waals surface area contributed by atoms with Crippen molar-refractivity contribution in [1.82, 2.24) is 9.78 Å². The van der Waals surface area contributed by atoms with E-state index in [9.17, 15) is 14.9 Å². The van der Waals surface area contributed by atoms with Gasteiger partial charge in [0.1, 0.15) is 11.5 Å². The van der Waals surface area contributed by atoms with Crippen molar-refractivity contribution in [2.24, 2.45) is 0 Å². The molecule has 8 heteroatoms. The molecule has 0 aliphatic heterocycles. The van der Waals surface area contributed by atoms with Gasteiger partial charge in [-0.05, 0) is 18.2 Å². The molecule has 0 aliphatic rings. The number of carbonyl (C=O) groups is 1. The van der Waals surface area contributed by atoms with Crippen molar-refractivity contribution >= 4 is 22.3 Å². The summed E-state index contributed by atoms with van der Waals surface area (Å²) in [6, 6.07) is 21.9. The van der Waals surface area contributed by atoms with Gasteiger partial charge in [-0.25, -0.2) is 9.48 Å². The van der Waals surface area contributed by atoms with E-state index in [2.05, 4.69) is 5.10 Å². The van der Waals surface area contributed by atoms with Crippen LogP contribution in [0.3, 0.4) is 0 Å². The maximum absolute atomic E-state index is 12.3. The van der Waals surface area contributed by atoms with Crippen LogP contribution in [0.25, 0.3) is 16.9 Å². The number of aromatic nitrogens is 2. The Morgan fingerprint density at radius 2 is 1.72 bits per heavy atom. The summed E-state index contributed by atoms with van der Waals surface area (Å²) in [7, 11) is 0. The SMILES string of the molecule is O=C(OCc1cn(-c2ccccc2)nc1-c1ccccc1)c1ccc([N+](=O)[O-])s1. The maximum atomic E-state index is 12.3. The van der Waals surface area contributed by atoms with E-state index in [1.54, 1.807) is 4.68 Å². The Morgan fingerprint density at radius 1 is 1.03 bits per heavy atom. The van der Waals surface area contributed by atoms with Crippen LogP contribution in [-0.2, 0) is 11.3 Å². The number of ether oxygens (including phenoxy) is 1. The number of nitro groups is 1. The van der Waals surface area contributed by atoms with E-state index in [1.807, 2.05) is 66.9 Å². The fourth-order valence-corrected chi connectivity index (χ4v) is 3.53. The minimum Gasteiger partial charge on any atom is -0.456 e. The highest BCUT2D eigenvalue weighted by molar-refractivity contribution is 7.17. The Bertz CT molecular complexity index is 1150. The molecule has 0 N–H and O–H groups in total. The first kappa shape index (κ1) is 18.6. The molecule has 2 aromatic heterocycles. The third kappa shape index (κ3) is 4.07. The fraction of sp³-hybridized carbons (Fsp3) is 0.0476. The van der Waals surface area contributed by atoms with Crippen LogP contribution in [0, 0.1) is 10.1 Å². The van der Waals surface area contributed by atoms with Gasteiger partial charge in [-0.1, -0.05) is 59.9 Å².